The average molecular weight is 302 g/mol. The number of hydrogen-bond acceptors (Lipinski definition) is 3. The van der Waals surface area contributed by atoms with Crippen LogP contribution in [0.5, 0.6) is 0 Å². The monoisotopic (exact) mass is 302 g/mol. The average Bonchev–Trinajstić information content (AvgIpc) is 2.49. The lowest BCUT2D eigenvalue weighted by Crippen LogP contribution is -2.12. The van der Waals surface area contributed by atoms with E-state index < -0.39 is 0 Å². The lowest BCUT2D eigenvalue weighted by molar-refractivity contribution is 0.0454. The second-order valence-electron chi connectivity index (χ2n) is 6.02. The Kier molecular flexibility index (Phi) is 17.8. The summed E-state index contributed by atoms with van der Waals surface area (Å²) in [4.78, 5) is 0. The van der Waals surface area contributed by atoms with Gasteiger partial charge in [-0.15, -0.1) is 0 Å². The van der Waals surface area contributed by atoms with Gasteiger partial charge in [0, 0.05) is 13.7 Å². The summed E-state index contributed by atoms with van der Waals surface area (Å²) in [6.07, 6.45) is 14.9. The van der Waals surface area contributed by atoms with Gasteiger partial charge >= 0.3 is 0 Å². The Morgan fingerprint density at radius 1 is 0.714 bits per heavy atom. The van der Waals surface area contributed by atoms with Crippen molar-refractivity contribution < 1.29 is 14.6 Å². The normalized spacial score (nSPS) is 12.7. The van der Waals surface area contributed by atoms with E-state index in [0.717, 1.165) is 19.3 Å². The van der Waals surface area contributed by atoms with E-state index in [1.807, 2.05) is 0 Å². The van der Waals surface area contributed by atoms with E-state index in [-0.39, 0.29) is 6.10 Å². The third kappa shape index (κ3) is 17.8. The topological polar surface area (TPSA) is 38.7 Å². The Morgan fingerprint density at radius 2 is 1.29 bits per heavy atom. The standard InChI is InChI=1S/C18H38O3/c1-3-4-5-6-7-8-9-10-11-12-13-18(19)14-15-21-17-16-20-2/h18-19H,3-17H2,1-2H3. The van der Waals surface area contributed by atoms with Gasteiger partial charge in [0.15, 0.2) is 0 Å². The van der Waals surface area contributed by atoms with Gasteiger partial charge in [0.1, 0.15) is 0 Å². The molecule has 21 heavy (non-hydrogen) atoms. The maximum atomic E-state index is 9.82. The summed E-state index contributed by atoms with van der Waals surface area (Å²) in [6.45, 7) is 4.17. The van der Waals surface area contributed by atoms with Crippen molar-refractivity contribution in [3.8, 4) is 0 Å². The summed E-state index contributed by atoms with van der Waals surface area (Å²) >= 11 is 0. The molecule has 0 amide bonds. The molecular formula is C18H38O3. The van der Waals surface area contributed by atoms with Crippen LogP contribution in [0.15, 0.2) is 0 Å². The zero-order chi connectivity index (χ0) is 15.6. The summed E-state index contributed by atoms with van der Waals surface area (Å²) in [5.74, 6) is 0. The van der Waals surface area contributed by atoms with Crippen LogP contribution in [-0.2, 0) is 9.47 Å². The summed E-state index contributed by atoms with van der Waals surface area (Å²) in [7, 11) is 1.67. The molecule has 3 nitrogen and oxygen atoms in total. The van der Waals surface area contributed by atoms with E-state index in [2.05, 4.69) is 6.92 Å². The minimum absolute atomic E-state index is 0.193. The Hall–Kier alpha value is -0.120. The Bertz CT molecular complexity index is 185. The van der Waals surface area contributed by atoms with Gasteiger partial charge in [-0.3, -0.25) is 0 Å². The molecule has 128 valence electrons. The second kappa shape index (κ2) is 17.9. The number of ether oxygens (including phenoxy) is 2. The Balaban J connectivity index is 3.09. The zero-order valence-electron chi connectivity index (χ0n) is 14.4. The third-order valence-corrected chi connectivity index (χ3v) is 3.92. The molecule has 0 heterocycles. The van der Waals surface area contributed by atoms with Gasteiger partial charge in [-0.25, -0.2) is 0 Å². The number of hydrogen-bond donors (Lipinski definition) is 1. The molecule has 0 saturated heterocycles. The van der Waals surface area contributed by atoms with E-state index in [9.17, 15) is 5.11 Å². The molecular weight excluding hydrogens is 264 g/mol. The van der Waals surface area contributed by atoms with Crippen LogP contribution < -0.4 is 0 Å². The highest BCUT2D eigenvalue weighted by molar-refractivity contribution is 4.56. The molecule has 0 aliphatic rings. The summed E-state index contributed by atoms with van der Waals surface area (Å²) in [5.41, 5.74) is 0. The number of aliphatic hydroxyl groups is 1. The van der Waals surface area contributed by atoms with Crippen molar-refractivity contribution in [1.29, 1.82) is 0 Å². The van der Waals surface area contributed by atoms with E-state index in [1.165, 1.54) is 57.8 Å². The lowest BCUT2D eigenvalue weighted by Gasteiger charge is -2.10. The van der Waals surface area contributed by atoms with Crippen LogP contribution in [0.2, 0.25) is 0 Å². The van der Waals surface area contributed by atoms with Gasteiger partial charge in [-0.05, 0) is 12.8 Å². The van der Waals surface area contributed by atoms with Gasteiger partial charge in [0.05, 0.1) is 19.3 Å². The van der Waals surface area contributed by atoms with Crippen LogP contribution in [0.4, 0.5) is 0 Å². The first kappa shape index (κ1) is 20.9. The molecule has 0 saturated carbocycles. The fourth-order valence-corrected chi connectivity index (χ4v) is 2.48. The maximum absolute atomic E-state index is 9.82. The van der Waals surface area contributed by atoms with E-state index in [1.54, 1.807) is 7.11 Å². The van der Waals surface area contributed by atoms with Crippen molar-refractivity contribution in [1.82, 2.24) is 0 Å². The summed E-state index contributed by atoms with van der Waals surface area (Å²) in [5, 5.41) is 9.82. The summed E-state index contributed by atoms with van der Waals surface area (Å²) in [6, 6.07) is 0. The van der Waals surface area contributed by atoms with Crippen molar-refractivity contribution in [2.24, 2.45) is 0 Å². The highest BCUT2D eigenvalue weighted by Crippen LogP contribution is 2.12. The van der Waals surface area contributed by atoms with Gasteiger partial charge < -0.3 is 14.6 Å². The van der Waals surface area contributed by atoms with Crippen LogP contribution in [0.1, 0.15) is 84.0 Å². The summed E-state index contributed by atoms with van der Waals surface area (Å²) < 4.78 is 10.3. The molecule has 0 aliphatic heterocycles. The smallest absolute Gasteiger partial charge is 0.0700 e. The molecule has 0 aromatic carbocycles. The molecule has 3 heteroatoms. The molecule has 0 fully saturated rings. The Labute approximate surface area is 132 Å². The minimum Gasteiger partial charge on any atom is -0.393 e. The molecule has 0 aromatic rings. The van der Waals surface area contributed by atoms with Gasteiger partial charge in [-0.2, -0.15) is 0 Å². The van der Waals surface area contributed by atoms with Crippen LogP contribution in [0.3, 0.4) is 0 Å². The Morgan fingerprint density at radius 3 is 1.86 bits per heavy atom. The van der Waals surface area contributed by atoms with E-state index in [4.69, 9.17) is 9.47 Å². The quantitative estimate of drug-likeness (QED) is 0.395. The van der Waals surface area contributed by atoms with E-state index in [0.29, 0.717) is 19.8 Å². The fourth-order valence-electron chi connectivity index (χ4n) is 2.48. The van der Waals surface area contributed by atoms with E-state index >= 15 is 0 Å². The largest absolute Gasteiger partial charge is 0.393 e. The van der Waals surface area contributed by atoms with Crippen LogP contribution >= 0.6 is 0 Å². The van der Waals surface area contributed by atoms with Crippen molar-refractivity contribution in [3.05, 3.63) is 0 Å². The van der Waals surface area contributed by atoms with Gasteiger partial charge in [-0.1, -0.05) is 71.1 Å². The van der Waals surface area contributed by atoms with Crippen LogP contribution in [0.25, 0.3) is 0 Å². The predicted octanol–water partition coefficient (Wildman–Crippen LogP) is 4.71. The van der Waals surface area contributed by atoms with Gasteiger partial charge in [0.2, 0.25) is 0 Å². The van der Waals surface area contributed by atoms with Crippen LogP contribution in [0, 0.1) is 0 Å². The van der Waals surface area contributed by atoms with Crippen molar-refractivity contribution in [2.75, 3.05) is 26.9 Å². The number of methoxy groups -OCH3 is 1. The molecule has 0 rings (SSSR count). The molecule has 1 N–H and O–H groups in total. The predicted molar refractivity (Wildman–Crippen MR) is 89.8 cm³/mol. The van der Waals surface area contributed by atoms with Crippen LogP contribution in [-0.4, -0.2) is 38.1 Å². The maximum Gasteiger partial charge on any atom is 0.0700 e. The number of unbranched alkanes of at least 4 members (excludes halogenated alkanes) is 9. The van der Waals surface area contributed by atoms with Crippen molar-refractivity contribution in [2.45, 2.75) is 90.1 Å². The van der Waals surface area contributed by atoms with Crippen molar-refractivity contribution in [3.63, 3.8) is 0 Å². The van der Waals surface area contributed by atoms with Gasteiger partial charge in [0.25, 0.3) is 0 Å². The minimum atomic E-state index is -0.193. The molecule has 0 aromatic heterocycles. The number of rotatable bonds is 17. The first-order chi connectivity index (χ1) is 10.3. The number of aliphatic hydroxyl groups excluding tert-OH is 1. The molecule has 1 atom stereocenters. The molecule has 1 unspecified atom stereocenters. The molecule has 0 spiro atoms. The molecule has 0 radical (unpaired) electrons. The highest BCUT2D eigenvalue weighted by Gasteiger charge is 2.03. The second-order valence-corrected chi connectivity index (χ2v) is 6.02. The SMILES string of the molecule is CCCCCCCCCCCCC(O)CCOCCOC. The molecule has 0 bridgehead atoms. The van der Waals surface area contributed by atoms with Crippen molar-refractivity contribution >= 4 is 0 Å². The molecule has 0 aliphatic carbocycles. The first-order valence-corrected chi connectivity index (χ1v) is 9.06. The first-order valence-electron chi connectivity index (χ1n) is 9.06. The zero-order valence-corrected chi connectivity index (χ0v) is 14.4. The lowest BCUT2D eigenvalue weighted by atomic mass is 10.0. The fraction of sp³-hybridized carbons (Fsp3) is 1.00. The third-order valence-electron chi connectivity index (χ3n) is 3.92. The highest BCUT2D eigenvalue weighted by atomic mass is 16.5.